The molecule has 0 radical (unpaired) electrons. The summed E-state index contributed by atoms with van der Waals surface area (Å²) >= 11 is 0. The fourth-order valence-corrected chi connectivity index (χ4v) is 4.34. The van der Waals surface area contributed by atoms with Gasteiger partial charge in [0.05, 0.1) is 19.3 Å². The van der Waals surface area contributed by atoms with Crippen LogP contribution in [0.4, 0.5) is 8.78 Å². The molecule has 7 heteroatoms. The fraction of sp³-hybridized carbons (Fsp3) is 0.857. The number of rotatable bonds is 11. The molecule has 0 bridgehead atoms. The molecule has 162 valence electrons. The van der Waals surface area contributed by atoms with Crippen LogP contribution in [0.25, 0.3) is 0 Å². The van der Waals surface area contributed by atoms with Gasteiger partial charge in [-0.2, -0.15) is 0 Å². The lowest BCUT2D eigenvalue weighted by Gasteiger charge is -2.23. The van der Waals surface area contributed by atoms with E-state index in [0.29, 0.717) is 32.1 Å². The van der Waals surface area contributed by atoms with Crippen LogP contribution in [0.2, 0.25) is 0 Å². The number of unbranched alkanes of at least 4 members (excludes halogenated alkanes) is 2. The van der Waals surface area contributed by atoms with Gasteiger partial charge in [-0.1, -0.05) is 19.8 Å². The minimum Gasteiger partial charge on any atom is -0.491 e. The molecule has 2 N–H and O–H groups in total. The molecule has 0 aromatic heterocycles. The zero-order chi connectivity index (χ0) is 20.7. The molecule has 7 atom stereocenters. The standard InChI is InChI=1S/C21H34F2O5/c1-3-4-7-14(22)15(24)11-10-13-16(25)12-18-20(13)21(23)17(28-18)8-5-6-9-19(26)27-2/h8,13-16,18,20-21,24-25H,3-7,9-12H2,1-2H3/t13-,14-,15+,16+,18+,20+,21+/m0/s1. The maximum Gasteiger partial charge on any atom is 0.305 e. The molecule has 1 aliphatic heterocycles. The SMILES string of the molecule is CCCC[C@H](F)[C@H](O)CC[C@@H]1[C@H]2[C@H](F)C(=CCCCC(=O)OC)O[C@@H]2C[C@H]1O. The van der Waals surface area contributed by atoms with E-state index in [2.05, 4.69) is 4.74 Å². The number of alkyl halides is 2. The van der Waals surface area contributed by atoms with Crippen molar-refractivity contribution >= 4 is 5.97 Å². The van der Waals surface area contributed by atoms with E-state index < -0.39 is 30.5 Å². The zero-order valence-corrected chi connectivity index (χ0v) is 16.9. The largest absolute Gasteiger partial charge is 0.491 e. The predicted octanol–water partition coefficient (Wildman–Crippen LogP) is 3.62. The molecule has 0 amide bonds. The number of allylic oxidation sites excluding steroid dienone is 2. The number of hydrogen-bond acceptors (Lipinski definition) is 5. The van der Waals surface area contributed by atoms with Crippen LogP contribution in [0.15, 0.2) is 11.8 Å². The third kappa shape index (κ3) is 5.89. The Morgan fingerprint density at radius 3 is 2.82 bits per heavy atom. The van der Waals surface area contributed by atoms with Gasteiger partial charge in [0.1, 0.15) is 18.0 Å². The summed E-state index contributed by atoms with van der Waals surface area (Å²) in [5, 5.41) is 20.3. The van der Waals surface area contributed by atoms with Crippen LogP contribution >= 0.6 is 0 Å². The van der Waals surface area contributed by atoms with E-state index in [1.807, 2.05) is 6.92 Å². The number of methoxy groups -OCH3 is 1. The van der Waals surface area contributed by atoms with E-state index in [4.69, 9.17) is 4.74 Å². The lowest BCUT2D eigenvalue weighted by molar-refractivity contribution is -0.140. The molecule has 1 heterocycles. The second-order valence-corrected chi connectivity index (χ2v) is 7.98. The van der Waals surface area contributed by atoms with Crippen LogP contribution in [-0.4, -0.2) is 53.9 Å². The Morgan fingerprint density at radius 1 is 1.39 bits per heavy atom. The monoisotopic (exact) mass is 404 g/mol. The second-order valence-electron chi connectivity index (χ2n) is 7.98. The van der Waals surface area contributed by atoms with Crippen LogP contribution in [0.5, 0.6) is 0 Å². The lowest BCUT2D eigenvalue weighted by Crippen LogP contribution is -2.29. The predicted molar refractivity (Wildman–Crippen MR) is 101 cm³/mol. The van der Waals surface area contributed by atoms with Gasteiger partial charge in [0, 0.05) is 18.8 Å². The Morgan fingerprint density at radius 2 is 2.14 bits per heavy atom. The van der Waals surface area contributed by atoms with E-state index >= 15 is 0 Å². The molecule has 0 aromatic rings. The molecule has 2 aliphatic rings. The summed E-state index contributed by atoms with van der Waals surface area (Å²) in [6, 6.07) is 0. The van der Waals surface area contributed by atoms with E-state index in [1.54, 1.807) is 6.08 Å². The third-order valence-corrected chi connectivity index (χ3v) is 5.99. The molecule has 2 rings (SSSR count). The van der Waals surface area contributed by atoms with E-state index in [1.165, 1.54) is 7.11 Å². The zero-order valence-electron chi connectivity index (χ0n) is 16.9. The molecule has 28 heavy (non-hydrogen) atoms. The molecule has 2 fully saturated rings. The van der Waals surface area contributed by atoms with Crippen molar-refractivity contribution in [2.24, 2.45) is 11.8 Å². The van der Waals surface area contributed by atoms with Crippen LogP contribution in [0.3, 0.4) is 0 Å². The number of aliphatic hydroxyl groups excluding tert-OH is 2. The number of halogens is 2. The minimum atomic E-state index is -1.32. The van der Waals surface area contributed by atoms with Gasteiger partial charge >= 0.3 is 5.97 Å². The highest BCUT2D eigenvalue weighted by Crippen LogP contribution is 2.48. The molecule has 1 saturated heterocycles. The molecule has 1 saturated carbocycles. The van der Waals surface area contributed by atoms with Gasteiger partial charge in [-0.3, -0.25) is 4.79 Å². The Kier molecular flexibility index (Phi) is 9.15. The molecule has 5 nitrogen and oxygen atoms in total. The van der Waals surface area contributed by atoms with Crippen molar-refractivity contribution in [1.82, 2.24) is 0 Å². The fourth-order valence-electron chi connectivity index (χ4n) is 4.34. The number of ether oxygens (including phenoxy) is 2. The van der Waals surface area contributed by atoms with Gasteiger partial charge in [-0.25, -0.2) is 8.78 Å². The average Bonchev–Trinajstić information content (AvgIpc) is 3.15. The van der Waals surface area contributed by atoms with Crippen molar-refractivity contribution in [2.45, 2.75) is 95.4 Å². The van der Waals surface area contributed by atoms with Gasteiger partial charge in [0.15, 0.2) is 6.17 Å². The molecule has 0 spiro atoms. The van der Waals surface area contributed by atoms with Crippen molar-refractivity contribution in [2.75, 3.05) is 7.11 Å². The van der Waals surface area contributed by atoms with Crippen molar-refractivity contribution in [1.29, 1.82) is 0 Å². The number of hydrogen-bond donors (Lipinski definition) is 2. The minimum absolute atomic E-state index is 0.209. The van der Waals surface area contributed by atoms with E-state index in [0.717, 1.165) is 12.8 Å². The van der Waals surface area contributed by atoms with Crippen LogP contribution < -0.4 is 0 Å². The van der Waals surface area contributed by atoms with Crippen LogP contribution in [-0.2, 0) is 14.3 Å². The summed E-state index contributed by atoms with van der Waals surface area (Å²) in [5.41, 5.74) is 0. The highest BCUT2D eigenvalue weighted by atomic mass is 19.1. The smallest absolute Gasteiger partial charge is 0.305 e. The number of carbonyl (C=O) groups is 1. The van der Waals surface area contributed by atoms with Gasteiger partial charge in [-0.05, 0) is 44.1 Å². The normalized spacial score (nSPS) is 32.8. The van der Waals surface area contributed by atoms with Gasteiger partial charge in [0.2, 0.25) is 0 Å². The molecule has 1 aliphatic carbocycles. The quantitative estimate of drug-likeness (QED) is 0.406. The summed E-state index contributed by atoms with van der Waals surface area (Å²) in [5.74, 6) is -0.855. The molecule has 0 unspecified atom stereocenters. The van der Waals surface area contributed by atoms with Crippen molar-refractivity contribution in [3.05, 3.63) is 11.8 Å². The number of carbonyl (C=O) groups excluding carboxylic acids is 1. The summed E-state index contributed by atoms with van der Waals surface area (Å²) in [4.78, 5) is 11.1. The van der Waals surface area contributed by atoms with Crippen molar-refractivity contribution in [3.63, 3.8) is 0 Å². The molecular weight excluding hydrogens is 370 g/mol. The Labute approximate surface area is 166 Å². The second kappa shape index (κ2) is 11.1. The first kappa shape index (κ1) is 23.1. The molecule has 0 aromatic carbocycles. The van der Waals surface area contributed by atoms with Gasteiger partial charge in [0.25, 0.3) is 0 Å². The summed E-state index contributed by atoms with van der Waals surface area (Å²) in [6.45, 7) is 1.97. The first-order valence-electron chi connectivity index (χ1n) is 10.5. The Hall–Kier alpha value is -1.21. The van der Waals surface area contributed by atoms with Gasteiger partial charge in [-0.15, -0.1) is 0 Å². The van der Waals surface area contributed by atoms with Gasteiger partial charge < -0.3 is 19.7 Å². The number of fused-ring (bicyclic) bond motifs is 1. The van der Waals surface area contributed by atoms with Crippen molar-refractivity contribution < 1.29 is 33.3 Å². The maximum atomic E-state index is 14.9. The number of esters is 1. The van der Waals surface area contributed by atoms with Crippen molar-refractivity contribution in [3.8, 4) is 0 Å². The third-order valence-electron chi connectivity index (χ3n) is 5.99. The average molecular weight is 404 g/mol. The summed E-state index contributed by atoms with van der Waals surface area (Å²) in [7, 11) is 1.33. The van der Waals surface area contributed by atoms with Crippen LogP contribution in [0, 0.1) is 11.8 Å². The van der Waals surface area contributed by atoms with E-state index in [9.17, 15) is 23.8 Å². The van der Waals surface area contributed by atoms with E-state index in [-0.39, 0.29) is 36.6 Å². The highest BCUT2D eigenvalue weighted by Gasteiger charge is 2.53. The first-order valence-corrected chi connectivity index (χ1v) is 10.5. The molecular formula is C21H34F2O5. The highest BCUT2D eigenvalue weighted by molar-refractivity contribution is 5.69. The lowest BCUT2D eigenvalue weighted by atomic mass is 9.85. The topological polar surface area (TPSA) is 76.0 Å². The Bertz CT molecular complexity index is 527. The summed E-state index contributed by atoms with van der Waals surface area (Å²) < 4.78 is 39.2. The maximum absolute atomic E-state index is 14.9. The number of aliphatic hydroxyl groups is 2. The summed E-state index contributed by atoms with van der Waals surface area (Å²) in [6.07, 6.45) is 1.09. The first-order chi connectivity index (χ1) is 13.4. The Balaban J connectivity index is 1.86. The van der Waals surface area contributed by atoms with Crippen LogP contribution in [0.1, 0.15) is 64.7 Å².